The van der Waals surface area contributed by atoms with Gasteiger partial charge in [-0.05, 0) is 13.8 Å². The minimum Gasteiger partial charge on any atom is -0.480 e. The van der Waals surface area contributed by atoms with Crippen molar-refractivity contribution in [2.45, 2.75) is 37.5 Å². The normalized spacial score (nSPS) is 20.6. The van der Waals surface area contributed by atoms with Crippen molar-refractivity contribution in [3.05, 3.63) is 11.4 Å². The summed E-state index contributed by atoms with van der Waals surface area (Å²) in [6.45, 7) is 5.79. The van der Waals surface area contributed by atoms with Gasteiger partial charge in [0, 0.05) is 24.1 Å². The highest BCUT2D eigenvalue weighted by atomic mass is 32.2. The Morgan fingerprint density at radius 3 is 2.71 bits per heavy atom. The average molecular weight is 333 g/mol. The van der Waals surface area contributed by atoms with E-state index < -0.39 is 16.0 Å². The minimum atomic E-state index is -3.63. The van der Waals surface area contributed by atoms with Gasteiger partial charge in [-0.1, -0.05) is 6.92 Å². The van der Waals surface area contributed by atoms with Crippen LogP contribution < -0.4 is 0 Å². The van der Waals surface area contributed by atoms with E-state index in [1.807, 2.05) is 6.92 Å². The van der Waals surface area contributed by atoms with Crippen LogP contribution in [0.5, 0.6) is 0 Å². The molecule has 0 saturated carbocycles. The maximum atomic E-state index is 12.8. The summed E-state index contributed by atoms with van der Waals surface area (Å²) in [5, 5.41) is 13.2. The van der Waals surface area contributed by atoms with E-state index in [1.165, 1.54) is 8.99 Å². The lowest BCUT2D eigenvalue weighted by molar-refractivity contribution is -0.137. The van der Waals surface area contributed by atoms with E-state index in [-0.39, 0.29) is 16.7 Å². The zero-order chi connectivity index (χ0) is 15.8. The Morgan fingerprint density at radius 2 is 2.14 bits per heavy atom. The second kappa shape index (κ2) is 5.98. The predicted molar refractivity (Wildman–Crippen MR) is 80.0 cm³/mol. The number of carboxylic acid groups (broad SMARTS) is 1. The van der Waals surface area contributed by atoms with Gasteiger partial charge in [-0.15, -0.1) is 0 Å². The van der Waals surface area contributed by atoms with Crippen molar-refractivity contribution >= 4 is 27.8 Å². The molecule has 0 radical (unpaired) electrons. The van der Waals surface area contributed by atoms with Crippen LogP contribution in [0.25, 0.3) is 0 Å². The number of hydrogen-bond acceptors (Lipinski definition) is 5. The fraction of sp³-hybridized carbons (Fsp3) is 0.667. The molecule has 0 aromatic carbocycles. The van der Waals surface area contributed by atoms with Crippen LogP contribution >= 0.6 is 11.8 Å². The van der Waals surface area contributed by atoms with Crippen LogP contribution in [0.2, 0.25) is 0 Å². The Hall–Kier alpha value is -1.06. The SMILES string of the molecule is Cc1nn(CC(=O)O)c(C)c1S(=O)(=O)N1CCSC(C)C1. The lowest BCUT2D eigenvalue weighted by atomic mass is 10.4. The molecule has 2 rings (SSSR count). The second-order valence-corrected chi connectivity index (χ2v) is 8.52. The maximum Gasteiger partial charge on any atom is 0.325 e. The highest BCUT2D eigenvalue weighted by Crippen LogP contribution is 2.27. The van der Waals surface area contributed by atoms with E-state index in [0.717, 1.165) is 5.75 Å². The van der Waals surface area contributed by atoms with Crippen LogP contribution in [0.3, 0.4) is 0 Å². The van der Waals surface area contributed by atoms with Crippen LogP contribution in [0.4, 0.5) is 0 Å². The van der Waals surface area contributed by atoms with Gasteiger partial charge >= 0.3 is 5.97 Å². The molecule has 1 aromatic rings. The number of sulfonamides is 1. The van der Waals surface area contributed by atoms with Crippen molar-refractivity contribution in [3.63, 3.8) is 0 Å². The van der Waals surface area contributed by atoms with Gasteiger partial charge in [-0.25, -0.2) is 8.42 Å². The minimum absolute atomic E-state index is 0.142. The highest BCUT2D eigenvalue weighted by Gasteiger charge is 2.33. The zero-order valence-electron chi connectivity index (χ0n) is 12.2. The average Bonchev–Trinajstić information content (AvgIpc) is 2.64. The number of thioether (sulfide) groups is 1. The molecule has 118 valence electrons. The third kappa shape index (κ3) is 3.24. The molecule has 1 aromatic heterocycles. The molecule has 1 aliphatic heterocycles. The fourth-order valence-electron chi connectivity index (χ4n) is 2.47. The van der Waals surface area contributed by atoms with Crippen molar-refractivity contribution in [3.8, 4) is 0 Å². The van der Waals surface area contributed by atoms with Crippen LogP contribution in [0, 0.1) is 13.8 Å². The molecule has 2 heterocycles. The quantitative estimate of drug-likeness (QED) is 0.872. The zero-order valence-corrected chi connectivity index (χ0v) is 13.9. The van der Waals surface area contributed by atoms with E-state index in [2.05, 4.69) is 5.10 Å². The summed E-state index contributed by atoms with van der Waals surface area (Å²) < 4.78 is 28.3. The molecule has 1 atom stereocenters. The number of carboxylic acids is 1. The number of carbonyl (C=O) groups is 1. The number of nitrogens with zero attached hydrogens (tertiary/aromatic N) is 3. The number of aliphatic carboxylic acids is 1. The Bertz CT molecular complexity index is 654. The molecule has 1 N–H and O–H groups in total. The molecule has 9 heteroatoms. The van der Waals surface area contributed by atoms with Gasteiger partial charge in [0.15, 0.2) is 0 Å². The van der Waals surface area contributed by atoms with Crippen LogP contribution in [-0.2, 0) is 21.4 Å². The first-order valence-electron chi connectivity index (χ1n) is 6.61. The molecule has 1 saturated heterocycles. The first-order chi connectivity index (χ1) is 9.73. The molecule has 0 bridgehead atoms. The van der Waals surface area contributed by atoms with Crippen molar-refractivity contribution < 1.29 is 18.3 Å². The van der Waals surface area contributed by atoms with Gasteiger partial charge in [0.05, 0.1) is 11.4 Å². The largest absolute Gasteiger partial charge is 0.480 e. The summed E-state index contributed by atoms with van der Waals surface area (Å²) in [7, 11) is -3.63. The third-order valence-corrected chi connectivity index (χ3v) is 6.66. The topological polar surface area (TPSA) is 92.5 Å². The smallest absolute Gasteiger partial charge is 0.325 e. The van der Waals surface area contributed by atoms with E-state index in [9.17, 15) is 13.2 Å². The molecule has 7 nitrogen and oxygen atoms in total. The van der Waals surface area contributed by atoms with Crippen LogP contribution in [0.1, 0.15) is 18.3 Å². The van der Waals surface area contributed by atoms with Gasteiger partial charge in [0.1, 0.15) is 11.4 Å². The van der Waals surface area contributed by atoms with Crippen LogP contribution in [0.15, 0.2) is 4.90 Å². The summed E-state index contributed by atoms with van der Waals surface area (Å²) in [5.74, 6) is -0.283. The summed E-state index contributed by atoms with van der Waals surface area (Å²) in [6.07, 6.45) is 0. The van der Waals surface area contributed by atoms with E-state index in [4.69, 9.17) is 5.11 Å². The number of aryl methyl sites for hydroxylation is 1. The third-order valence-electron chi connectivity index (χ3n) is 3.40. The molecule has 0 aliphatic carbocycles. The maximum absolute atomic E-state index is 12.8. The van der Waals surface area contributed by atoms with Gasteiger partial charge in [-0.2, -0.15) is 21.2 Å². The standard InChI is InChI=1S/C12H19N3O4S2/c1-8-6-14(4-5-20-8)21(18,19)12-9(2)13-15(10(12)3)7-11(16)17/h8H,4-7H2,1-3H3,(H,16,17). The Morgan fingerprint density at radius 1 is 1.48 bits per heavy atom. The molecule has 21 heavy (non-hydrogen) atoms. The summed E-state index contributed by atoms with van der Waals surface area (Å²) >= 11 is 1.75. The fourth-order valence-corrected chi connectivity index (χ4v) is 5.60. The highest BCUT2D eigenvalue weighted by molar-refractivity contribution is 8.00. The predicted octanol–water partition coefficient (Wildman–Crippen LogP) is 0.711. The summed E-state index contributed by atoms with van der Waals surface area (Å²) in [5.41, 5.74) is 0.723. The molecule has 1 unspecified atom stereocenters. The van der Waals surface area contributed by atoms with Crippen LogP contribution in [-0.4, -0.2) is 57.7 Å². The Balaban J connectivity index is 2.40. The molecular formula is C12H19N3O4S2. The first-order valence-corrected chi connectivity index (χ1v) is 9.10. The van der Waals surface area contributed by atoms with Gasteiger partial charge in [0.25, 0.3) is 0 Å². The summed E-state index contributed by atoms with van der Waals surface area (Å²) in [4.78, 5) is 11.0. The first kappa shape index (κ1) is 16.3. The van der Waals surface area contributed by atoms with Gasteiger partial charge < -0.3 is 5.11 Å². The molecule has 0 amide bonds. The Labute approximate surface area is 128 Å². The van der Waals surface area contributed by atoms with E-state index in [0.29, 0.717) is 24.5 Å². The number of aromatic nitrogens is 2. The van der Waals surface area contributed by atoms with Gasteiger partial charge in [-0.3, -0.25) is 9.48 Å². The van der Waals surface area contributed by atoms with Crippen molar-refractivity contribution in [1.82, 2.24) is 14.1 Å². The lowest BCUT2D eigenvalue weighted by Crippen LogP contribution is -2.41. The molecule has 0 spiro atoms. The second-order valence-electron chi connectivity index (χ2n) is 5.10. The molecule has 1 aliphatic rings. The number of rotatable bonds is 4. The van der Waals surface area contributed by atoms with Crippen molar-refractivity contribution in [2.24, 2.45) is 0 Å². The molecular weight excluding hydrogens is 314 g/mol. The van der Waals surface area contributed by atoms with Crippen molar-refractivity contribution in [2.75, 3.05) is 18.8 Å². The van der Waals surface area contributed by atoms with E-state index in [1.54, 1.807) is 25.6 Å². The Kier molecular flexibility index (Phi) is 4.64. The molecule has 1 fully saturated rings. The summed E-state index contributed by atoms with van der Waals surface area (Å²) in [6, 6.07) is 0. The lowest BCUT2D eigenvalue weighted by Gasteiger charge is -2.29. The van der Waals surface area contributed by atoms with Gasteiger partial charge in [0.2, 0.25) is 10.0 Å². The van der Waals surface area contributed by atoms with Crippen molar-refractivity contribution in [1.29, 1.82) is 0 Å². The monoisotopic (exact) mass is 333 g/mol. The van der Waals surface area contributed by atoms with E-state index >= 15 is 0 Å². The number of hydrogen-bond donors (Lipinski definition) is 1.